The van der Waals surface area contributed by atoms with E-state index in [-0.39, 0.29) is 0 Å². The van der Waals surface area contributed by atoms with Crippen molar-refractivity contribution in [2.45, 2.75) is 33.7 Å². The standard InChI is InChI=1S/C15H24ClNO/c1-11-9-14(10-17(4)8-6-7-16)12(2)13(3)15(11)18-5/h9H,6-8,10H2,1-5H3. The van der Waals surface area contributed by atoms with Gasteiger partial charge in [0.25, 0.3) is 0 Å². The lowest BCUT2D eigenvalue weighted by molar-refractivity contribution is 0.327. The molecule has 0 aliphatic carbocycles. The number of hydrogen-bond donors (Lipinski definition) is 0. The zero-order valence-corrected chi connectivity index (χ0v) is 12.9. The number of methoxy groups -OCH3 is 1. The maximum atomic E-state index is 5.73. The van der Waals surface area contributed by atoms with Gasteiger partial charge in [-0.1, -0.05) is 6.07 Å². The summed E-state index contributed by atoms with van der Waals surface area (Å²) < 4.78 is 5.45. The molecule has 0 heterocycles. The fourth-order valence-corrected chi connectivity index (χ4v) is 2.44. The van der Waals surface area contributed by atoms with Gasteiger partial charge >= 0.3 is 0 Å². The fraction of sp³-hybridized carbons (Fsp3) is 0.600. The van der Waals surface area contributed by atoms with Gasteiger partial charge in [0, 0.05) is 12.4 Å². The molecule has 0 fully saturated rings. The smallest absolute Gasteiger partial charge is 0.124 e. The molecule has 0 atom stereocenters. The molecule has 0 bridgehead atoms. The summed E-state index contributed by atoms with van der Waals surface area (Å²) in [4.78, 5) is 2.32. The van der Waals surface area contributed by atoms with E-state index >= 15 is 0 Å². The molecule has 0 amide bonds. The zero-order valence-electron chi connectivity index (χ0n) is 12.1. The van der Waals surface area contributed by atoms with Crippen molar-refractivity contribution < 1.29 is 4.74 Å². The van der Waals surface area contributed by atoms with Crippen LogP contribution in [0.5, 0.6) is 5.75 Å². The van der Waals surface area contributed by atoms with Gasteiger partial charge in [0.05, 0.1) is 7.11 Å². The van der Waals surface area contributed by atoms with Crippen LogP contribution in [0.15, 0.2) is 6.07 Å². The largest absolute Gasteiger partial charge is 0.496 e. The van der Waals surface area contributed by atoms with Gasteiger partial charge in [-0.15, -0.1) is 11.6 Å². The molecule has 0 N–H and O–H groups in total. The summed E-state index contributed by atoms with van der Waals surface area (Å²) in [6, 6.07) is 2.23. The topological polar surface area (TPSA) is 12.5 Å². The molecule has 3 heteroatoms. The highest BCUT2D eigenvalue weighted by Crippen LogP contribution is 2.29. The molecule has 1 rings (SSSR count). The molecule has 0 saturated heterocycles. The Labute approximate surface area is 116 Å². The lowest BCUT2D eigenvalue weighted by Gasteiger charge is -2.20. The Morgan fingerprint density at radius 2 is 1.89 bits per heavy atom. The Balaban J connectivity index is 2.90. The van der Waals surface area contributed by atoms with Crippen molar-refractivity contribution in [3.8, 4) is 5.75 Å². The molecule has 0 aliphatic heterocycles. The predicted molar refractivity (Wildman–Crippen MR) is 78.9 cm³/mol. The van der Waals surface area contributed by atoms with Gasteiger partial charge in [-0.25, -0.2) is 0 Å². The Hall–Kier alpha value is -0.730. The second kappa shape index (κ2) is 7.01. The Bertz CT molecular complexity index is 404. The summed E-state index contributed by atoms with van der Waals surface area (Å²) in [5.74, 6) is 1.74. The van der Waals surface area contributed by atoms with Crippen LogP contribution in [0.1, 0.15) is 28.7 Å². The normalized spacial score (nSPS) is 11.1. The molecule has 0 spiro atoms. The van der Waals surface area contributed by atoms with E-state index in [0.717, 1.165) is 31.1 Å². The van der Waals surface area contributed by atoms with Crippen LogP contribution in [0.25, 0.3) is 0 Å². The summed E-state index contributed by atoms with van der Waals surface area (Å²) in [6.45, 7) is 8.40. The molecule has 0 saturated carbocycles. The van der Waals surface area contributed by atoms with Gasteiger partial charge in [-0.05, 0) is 63.0 Å². The van der Waals surface area contributed by atoms with E-state index in [2.05, 4.69) is 38.8 Å². The zero-order chi connectivity index (χ0) is 13.7. The molecule has 18 heavy (non-hydrogen) atoms. The van der Waals surface area contributed by atoms with Crippen LogP contribution in [0.2, 0.25) is 0 Å². The molecule has 1 aromatic carbocycles. The van der Waals surface area contributed by atoms with Crippen molar-refractivity contribution in [2.75, 3.05) is 26.6 Å². The highest BCUT2D eigenvalue weighted by Gasteiger charge is 2.11. The van der Waals surface area contributed by atoms with Crippen molar-refractivity contribution in [3.05, 3.63) is 28.3 Å². The number of hydrogen-bond acceptors (Lipinski definition) is 2. The molecule has 0 unspecified atom stereocenters. The summed E-state index contributed by atoms with van der Waals surface area (Å²) in [5.41, 5.74) is 5.16. The first kappa shape index (κ1) is 15.3. The van der Waals surface area contributed by atoms with Crippen molar-refractivity contribution >= 4 is 11.6 Å². The molecule has 0 radical (unpaired) electrons. The minimum absolute atomic E-state index is 0.726. The Morgan fingerprint density at radius 3 is 2.44 bits per heavy atom. The van der Waals surface area contributed by atoms with Crippen molar-refractivity contribution in [1.29, 1.82) is 0 Å². The third kappa shape index (κ3) is 3.63. The molecule has 2 nitrogen and oxygen atoms in total. The number of halogens is 1. The van der Waals surface area contributed by atoms with Gasteiger partial charge in [-0.3, -0.25) is 0 Å². The maximum absolute atomic E-state index is 5.73. The molecule has 102 valence electrons. The first-order valence-electron chi connectivity index (χ1n) is 6.39. The summed E-state index contributed by atoms with van der Waals surface area (Å²) in [6.07, 6.45) is 1.03. The van der Waals surface area contributed by atoms with Crippen LogP contribution >= 0.6 is 11.6 Å². The van der Waals surface area contributed by atoms with Gasteiger partial charge in [0.2, 0.25) is 0 Å². The third-order valence-corrected chi connectivity index (χ3v) is 3.72. The van der Waals surface area contributed by atoms with Gasteiger partial charge in [0.1, 0.15) is 5.75 Å². The monoisotopic (exact) mass is 269 g/mol. The van der Waals surface area contributed by atoms with Crippen LogP contribution in [0.4, 0.5) is 0 Å². The van der Waals surface area contributed by atoms with E-state index in [1.165, 1.54) is 22.3 Å². The van der Waals surface area contributed by atoms with Crippen LogP contribution in [-0.2, 0) is 6.54 Å². The number of rotatable bonds is 6. The van der Waals surface area contributed by atoms with E-state index in [9.17, 15) is 0 Å². The second-order valence-electron chi connectivity index (χ2n) is 4.92. The first-order valence-corrected chi connectivity index (χ1v) is 6.92. The minimum Gasteiger partial charge on any atom is -0.496 e. The Morgan fingerprint density at radius 1 is 1.22 bits per heavy atom. The third-order valence-electron chi connectivity index (χ3n) is 3.45. The molecule has 1 aromatic rings. The molecular formula is C15H24ClNO. The number of ether oxygens (including phenoxy) is 1. The lowest BCUT2D eigenvalue weighted by atomic mass is 9.98. The van der Waals surface area contributed by atoms with E-state index in [1.807, 2.05) is 0 Å². The number of aryl methyl sites for hydroxylation is 1. The van der Waals surface area contributed by atoms with E-state index in [4.69, 9.17) is 16.3 Å². The van der Waals surface area contributed by atoms with Crippen LogP contribution in [0, 0.1) is 20.8 Å². The Kier molecular flexibility index (Phi) is 5.97. The molecule has 0 aromatic heterocycles. The highest BCUT2D eigenvalue weighted by atomic mass is 35.5. The van der Waals surface area contributed by atoms with Crippen LogP contribution in [0.3, 0.4) is 0 Å². The van der Waals surface area contributed by atoms with Crippen LogP contribution < -0.4 is 4.74 Å². The number of alkyl halides is 1. The highest BCUT2D eigenvalue weighted by molar-refractivity contribution is 6.17. The van der Waals surface area contributed by atoms with Gasteiger partial charge < -0.3 is 9.64 Å². The van der Waals surface area contributed by atoms with Gasteiger partial charge in [-0.2, -0.15) is 0 Å². The average Bonchev–Trinajstić information content (AvgIpc) is 2.33. The van der Waals surface area contributed by atoms with Crippen molar-refractivity contribution in [3.63, 3.8) is 0 Å². The number of benzene rings is 1. The summed E-state index contributed by atoms with van der Waals surface area (Å²) >= 11 is 5.73. The summed E-state index contributed by atoms with van der Waals surface area (Å²) in [7, 11) is 3.88. The second-order valence-corrected chi connectivity index (χ2v) is 5.29. The average molecular weight is 270 g/mol. The minimum atomic E-state index is 0.726. The van der Waals surface area contributed by atoms with Crippen molar-refractivity contribution in [1.82, 2.24) is 4.90 Å². The van der Waals surface area contributed by atoms with E-state index in [0.29, 0.717) is 0 Å². The summed E-state index contributed by atoms with van der Waals surface area (Å²) in [5, 5.41) is 0. The van der Waals surface area contributed by atoms with E-state index in [1.54, 1.807) is 7.11 Å². The first-order chi connectivity index (χ1) is 8.51. The molecular weight excluding hydrogens is 246 g/mol. The predicted octanol–water partition coefficient (Wildman–Crippen LogP) is 3.68. The quantitative estimate of drug-likeness (QED) is 0.731. The fourth-order valence-electron chi connectivity index (χ4n) is 2.32. The van der Waals surface area contributed by atoms with Crippen LogP contribution in [-0.4, -0.2) is 31.5 Å². The van der Waals surface area contributed by atoms with Crippen molar-refractivity contribution in [2.24, 2.45) is 0 Å². The number of nitrogens with zero attached hydrogens (tertiary/aromatic N) is 1. The molecule has 0 aliphatic rings. The lowest BCUT2D eigenvalue weighted by Crippen LogP contribution is -2.20. The maximum Gasteiger partial charge on any atom is 0.124 e. The van der Waals surface area contributed by atoms with E-state index < -0.39 is 0 Å². The SMILES string of the molecule is COc1c(C)cc(CN(C)CCCCl)c(C)c1C. The van der Waals surface area contributed by atoms with Gasteiger partial charge in [0.15, 0.2) is 0 Å².